The zero-order valence-electron chi connectivity index (χ0n) is 13.0. The second-order valence-corrected chi connectivity index (χ2v) is 5.74. The minimum Gasteiger partial charge on any atom is -0.394 e. The molecule has 11 nitrogen and oxygen atoms in total. The van der Waals surface area contributed by atoms with Crippen molar-refractivity contribution >= 4 is 0 Å². The van der Waals surface area contributed by atoms with Crippen LogP contribution < -0.4 is 0 Å². The molecule has 0 bridgehead atoms. The molecule has 0 aromatic rings. The molecule has 7 N–H and O–H groups in total. The molecule has 0 amide bonds. The third-order valence-corrected chi connectivity index (χ3v) is 4.19. The standard InChI is InChI=1S/C13H24O11/c1-21-12-10(20)11(7(17)5(3-15)22-12)24-13-9(19)8(18)6(16)4(2-14)23-13/h4-20H,2-3H2,1H3. The molecule has 0 aromatic heterocycles. The summed E-state index contributed by atoms with van der Waals surface area (Å²) in [7, 11) is 1.24. The molecule has 2 saturated heterocycles. The van der Waals surface area contributed by atoms with Gasteiger partial charge in [-0.15, -0.1) is 0 Å². The Morgan fingerprint density at radius 3 is 1.79 bits per heavy atom. The van der Waals surface area contributed by atoms with Crippen molar-refractivity contribution in [2.24, 2.45) is 0 Å². The minimum atomic E-state index is -1.70. The number of ether oxygens (including phenoxy) is 4. The van der Waals surface area contributed by atoms with Crippen molar-refractivity contribution in [2.45, 2.75) is 61.4 Å². The summed E-state index contributed by atoms with van der Waals surface area (Å²) in [6.45, 7) is -1.23. The van der Waals surface area contributed by atoms with Gasteiger partial charge in [-0.3, -0.25) is 0 Å². The number of hydrogen-bond acceptors (Lipinski definition) is 11. The molecular weight excluding hydrogens is 332 g/mol. The van der Waals surface area contributed by atoms with Crippen LogP contribution in [0.2, 0.25) is 0 Å². The van der Waals surface area contributed by atoms with Crippen LogP contribution in [-0.4, -0.2) is 117 Å². The lowest BCUT2D eigenvalue weighted by Crippen LogP contribution is -2.64. The first-order chi connectivity index (χ1) is 11.3. The van der Waals surface area contributed by atoms with Crippen molar-refractivity contribution in [2.75, 3.05) is 20.3 Å². The Morgan fingerprint density at radius 2 is 1.25 bits per heavy atom. The number of rotatable bonds is 5. The SMILES string of the molecule is COC1OC(CO)C(O)C(OC2OC(CO)C(O)C(O)C2O)C1O. The Hall–Kier alpha value is -0.440. The van der Waals surface area contributed by atoms with Crippen molar-refractivity contribution < 1.29 is 54.7 Å². The second kappa shape index (κ2) is 8.29. The van der Waals surface area contributed by atoms with Crippen LogP contribution in [0.1, 0.15) is 0 Å². The topological polar surface area (TPSA) is 179 Å². The minimum absolute atomic E-state index is 0.581. The first kappa shape index (κ1) is 19.9. The van der Waals surface area contributed by atoms with Crippen LogP contribution >= 0.6 is 0 Å². The molecule has 2 heterocycles. The van der Waals surface area contributed by atoms with E-state index in [1.54, 1.807) is 0 Å². The average Bonchev–Trinajstić information content (AvgIpc) is 2.58. The maximum absolute atomic E-state index is 10.2. The van der Waals surface area contributed by atoms with Crippen LogP contribution in [0, 0.1) is 0 Å². The Labute approximate surface area is 137 Å². The van der Waals surface area contributed by atoms with E-state index in [0.29, 0.717) is 0 Å². The van der Waals surface area contributed by atoms with E-state index in [0.717, 1.165) is 0 Å². The van der Waals surface area contributed by atoms with E-state index in [2.05, 4.69) is 0 Å². The Balaban J connectivity index is 2.14. The van der Waals surface area contributed by atoms with Gasteiger partial charge in [-0.05, 0) is 0 Å². The maximum atomic E-state index is 10.2. The molecular formula is C13H24O11. The molecule has 10 unspecified atom stereocenters. The predicted octanol–water partition coefficient (Wildman–Crippen LogP) is -4.74. The lowest BCUT2D eigenvalue weighted by Gasteiger charge is -2.45. The van der Waals surface area contributed by atoms with E-state index in [1.807, 2.05) is 0 Å². The van der Waals surface area contributed by atoms with E-state index in [1.165, 1.54) is 7.11 Å². The first-order valence-corrected chi connectivity index (χ1v) is 7.46. The van der Waals surface area contributed by atoms with Crippen molar-refractivity contribution in [1.29, 1.82) is 0 Å². The summed E-state index contributed by atoms with van der Waals surface area (Å²) in [4.78, 5) is 0. The molecule has 142 valence electrons. The third kappa shape index (κ3) is 3.71. The van der Waals surface area contributed by atoms with Crippen LogP contribution in [0.5, 0.6) is 0 Å². The summed E-state index contributed by atoms with van der Waals surface area (Å²) in [5.74, 6) is 0. The summed E-state index contributed by atoms with van der Waals surface area (Å²) in [5.41, 5.74) is 0. The van der Waals surface area contributed by atoms with Crippen LogP contribution in [0.25, 0.3) is 0 Å². The largest absolute Gasteiger partial charge is 0.394 e. The first-order valence-electron chi connectivity index (χ1n) is 7.46. The molecule has 0 radical (unpaired) electrons. The molecule has 11 heteroatoms. The Kier molecular flexibility index (Phi) is 6.87. The highest BCUT2D eigenvalue weighted by Crippen LogP contribution is 2.29. The number of aliphatic hydroxyl groups is 7. The van der Waals surface area contributed by atoms with E-state index in [-0.39, 0.29) is 0 Å². The molecule has 0 aromatic carbocycles. The lowest BCUT2D eigenvalue weighted by atomic mass is 9.97. The van der Waals surface area contributed by atoms with E-state index in [4.69, 9.17) is 24.1 Å². The highest BCUT2D eigenvalue weighted by molar-refractivity contribution is 4.93. The zero-order valence-corrected chi connectivity index (χ0v) is 13.0. The van der Waals surface area contributed by atoms with Gasteiger partial charge >= 0.3 is 0 Å². The van der Waals surface area contributed by atoms with Gasteiger partial charge in [-0.25, -0.2) is 0 Å². The van der Waals surface area contributed by atoms with Crippen molar-refractivity contribution in [3.63, 3.8) is 0 Å². The van der Waals surface area contributed by atoms with E-state index in [9.17, 15) is 30.6 Å². The van der Waals surface area contributed by atoms with Crippen LogP contribution in [-0.2, 0) is 18.9 Å². The molecule has 2 aliphatic heterocycles. The molecule has 10 atom stereocenters. The zero-order chi connectivity index (χ0) is 18.0. The summed E-state index contributed by atoms with van der Waals surface area (Å²) >= 11 is 0. The molecule has 2 rings (SSSR count). The second-order valence-electron chi connectivity index (χ2n) is 5.74. The fraction of sp³-hybridized carbons (Fsp3) is 1.00. The summed E-state index contributed by atoms with van der Waals surface area (Å²) in [6, 6.07) is 0. The molecule has 24 heavy (non-hydrogen) atoms. The highest BCUT2D eigenvalue weighted by Gasteiger charge is 2.50. The van der Waals surface area contributed by atoms with Gasteiger partial charge in [0.15, 0.2) is 12.6 Å². The summed E-state index contributed by atoms with van der Waals surface area (Å²) in [6.07, 6.45) is -14.4. The average molecular weight is 356 g/mol. The van der Waals surface area contributed by atoms with Gasteiger partial charge in [0.1, 0.15) is 48.8 Å². The highest BCUT2D eigenvalue weighted by atomic mass is 16.7. The third-order valence-electron chi connectivity index (χ3n) is 4.19. The van der Waals surface area contributed by atoms with E-state index >= 15 is 0 Å². The van der Waals surface area contributed by atoms with Crippen molar-refractivity contribution in [3.8, 4) is 0 Å². The molecule has 2 aliphatic rings. The van der Waals surface area contributed by atoms with Gasteiger partial charge in [0.2, 0.25) is 0 Å². The van der Waals surface area contributed by atoms with Crippen LogP contribution in [0.4, 0.5) is 0 Å². The fourth-order valence-electron chi connectivity index (χ4n) is 2.74. The van der Waals surface area contributed by atoms with Gasteiger partial charge in [0, 0.05) is 7.11 Å². The normalized spacial score (nSPS) is 50.0. The van der Waals surface area contributed by atoms with Crippen LogP contribution in [0.3, 0.4) is 0 Å². The van der Waals surface area contributed by atoms with E-state index < -0.39 is 74.6 Å². The molecule has 2 fully saturated rings. The number of hydrogen-bond donors (Lipinski definition) is 7. The maximum Gasteiger partial charge on any atom is 0.187 e. The number of methoxy groups -OCH3 is 1. The van der Waals surface area contributed by atoms with Crippen molar-refractivity contribution in [1.82, 2.24) is 0 Å². The quantitative estimate of drug-likeness (QED) is 0.251. The van der Waals surface area contributed by atoms with Gasteiger partial charge in [0.25, 0.3) is 0 Å². The summed E-state index contributed by atoms with van der Waals surface area (Å²) in [5, 5.41) is 68.1. The van der Waals surface area contributed by atoms with Gasteiger partial charge in [-0.2, -0.15) is 0 Å². The molecule has 0 saturated carbocycles. The number of aliphatic hydroxyl groups excluding tert-OH is 7. The monoisotopic (exact) mass is 356 g/mol. The van der Waals surface area contributed by atoms with Gasteiger partial charge in [0.05, 0.1) is 13.2 Å². The molecule has 0 aliphatic carbocycles. The van der Waals surface area contributed by atoms with Gasteiger partial charge < -0.3 is 54.7 Å². The summed E-state index contributed by atoms with van der Waals surface area (Å²) < 4.78 is 20.6. The Morgan fingerprint density at radius 1 is 0.708 bits per heavy atom. The van der Waals surface area contributed by atoms with Crippen LogP contribution in [0.15, 0.2) is 0 Å². The fourth-order valence-corrected chi connectivity index (χ4v) is 2.74. The molecule has 0 spiro atoms. The smallest absolute Gasteiger partial charge is 0.187 e. The Bertz CT molecular complexity index is 378. The van der Waals surface area contributed by atoms with Crippen molar-refractivity contribution in [3.05, 3.63) is 0 Å². The van der Waals surface area contributed by atoms with Gasteiger partial charge in [-0.1, -0.05) is 0 Å². The lowest BCUT2D eigenvalue weighted by molar-refractivity contribution is -0.358. The predicted molar refractivity (Wildman–Crippen MR) is 73.4 cm³/mol.